The predicted molar refractivity (Wildman–Crippen MR) is 124 cm³/mol. The Hall–Kier alpha value is 0.468. The summed E-state index contributed by atoms with van der Waals surface area (Å²) in [5.41, 5.74) is 10.8. The second kappa shape index (κ2) is 21.7. The second-order valence-electron chi connectivity index (χ2n) is 5.60. The van der Waals surface area contributed by atoms with Crippen molar-refractivity contribution in [3.05, 3.63) is 0 Å². The number of hydrogen-bond acceptors (Lipinski definition) is 10. The molecule has 0 heterocycles. The molecule has 0 aromatic heterocycles. The Morgan fingerprint density at radius 1 is 0.621 bits per heavy atom. The summed E-state index contributed by atoms with van der Waals surface area (Å²) in [6, 6.07) is 2.07. The number of rotatable bonds is 19. The molecule has 0 radical (unpaired) electrons. The zero-order valence-corrected chi connectivity index (χ0v) is 24.0. The zero-order valence-electron chi connectivity index (χ0n) is 19.2. The highest BCUT2D eigenvalue weighted by Crippen LogP contribution is 2.12. The number of hydrogen-bond donors (Lipinski definition) is 2. The third-order valence-corrected chi connectivity index (χ3v) is 12.9. The van der Waals surface area contributed by atoms with Gasteiger partial charge in [0.1, 0.15) is 0 Å². The second-order valence-corrected chi connectivity index (χ2v) is 14.2. The molecular formula is C15H44N2O8Si4. The number of nitrogens with two attached hydrogens (primary N) is 2. The third-order valence-electron chi connectivity index (χ3n) is 3.47. The first-order valence-corrected chi connectivity index (χ1v) is 16.7. The van der Waals surface area contributed by atoms with Gasteiger partial charge in [0.05, 0.1) is 0 Å². The van der Waals surface area contributed by atoms with Gasteiger partial charge in [-0.25, -0.2) is 0 Å². The topological polar surface area (TPSA) is 126 Å². The summed E-state index contributed by atoms with van der Waals surface area (Å²) >= 11 is 0. The largest absolute Gasteiger partial charge is 0.668 e. The van der Waals surface area contributed by atoms with Crippen LogP contribution in [0.25, 0.3) is 0 Å². The van der Waals surface area contributed by atoms with E-state index in [0.717, 1.165) is 24.9 Å². The smallest absolute Gasteiger partial charge is 0.400 e. The molecule has 0 amide bonds. The average Bonchev–Trinajstić information content (AvgIpc) is 2.73. The van der Waals surface area contributed by atoms with Crippen LogP contribution < -0.4 is 11.5 Å². The molecular weight excluding hydrogens is 449 g/mol. The molecule has 0 aromatic carbocycles. The van der Waals surface area contributed by atoms with E-state index >= 15 is 0 Å². The van der Waals surface area contributed by atoms with Gasteiger partial charge in [-0.2, -0.15) is 0 Å². The highest BCUT2D eigenvalue weighted by atomic mass is 28.4. The fraction of sp³-hybridized carbons (Fsp3) is 1.00. The molecule has 0 aliphatic carbocycles. The van der Waals surface area contributed by atoms with Crippen molar-refractivity contribution in [1.82, 2.24) is 0 Å². The minimum Gasteiger partial charge on any atom is -0.400 e. The molecule has 0 atom stereocenters. The minimum atomic E-state index is -2.82. The van der Waals surface area contributed by atoms with Gasteiger partial charge in [-0.05, 0) is 58.8 Å². The van der Waals surface area contributed by atoms with Crippen molar-refractivity contribution in [3.63, 3.8) is 0 Å². The van der Waals surface area contributed by atoms with Crippen LogP contribution in [0.2, 0.25) is 12.1 Å². The molecule has 0 saturated carbocycles. The molecule has 4 N–H and O–H groups in total. The van der Waals surface area contributed by atoms with Gasteiger partial charge in [-0.1, -0.05) is 0 Å². The highest BCUT2D eigenvalue weighted by Gasteiger charge is 2.44. The van der Waals surface area contributed by atoms with Crippen molar-refractivity contribution in [2.75, 3.05) is 54.2 Å². The van der Waals surface area contributed by atoms with E-state index in [1.807, 2.05) is 20.8 Å². The summed E-state index contributed by atoms with van der Waals surface area (Å²) in [5.74, 6) is 0. The van der Waals surface area contributed by atoms with Crippen LogP contribution in [0.15, 0.2) is 0 Å². The Morgan fingerprint density at radius 3 is 1.24 bits per heavy atom. The van der Waals surface area contributed by atoms with Gasteiger partial charge >= 0.3 is 18.1 Å². The van der Waals surface area contributed by atoms with Crippen LogP contribution in [0.3, 0.4) is 0 Å². The predicted octanol–water partition coefficient (Wildman–Crippen LogP) is -0.372. The molecule has 0 bridgehead atoms. The Balaban J connectivity index is 0. The van der Waals surface area contributed by atoms with E-state index in [2.05, 4.69) is 0 Å². The monoisotopic (exact) mass is 492 g/mol. The van der Waals surface area contributed by atoms with Crippen LogP contribution in [-0.4, -0.2) is 91.9 Å². The molecule has 0 aromatic rings. The van der Waals surface area contributed by atoms with Crippen LogP contribution in [0.5, 0.6) is 0 Å². The Kier molecular flexibility index (Phi) is 23.7. The van der Waals surface area contributed by atoms with Crippen molar-refractivity contribution in [3.8, 4) is 0 Å². The Bertz CT molecular complexity index is 322. The van der Waals surface area contributed by atoms with Gasteiger partial charge in [0, 0.05) is 41.2 Å². The van der Waals surface area contributed by atoms with Crippen LogP contribution >= 0.6 is 0 Å². The van der Waals surface area contributed by atoms with E-state index in [1.54, 1.807) is 0 Å². The lowest BCUT2D eigenvalue weighted by molar-refractivity contribution is 0.0105. The summed E-state index contributed by atoms with van der Waals surface area (Å²) in [5, 5.41) is 0. The molecule has 0 saturated heterocycles. The molecule has 0 aliphatic rings. The molecule has 14 heteroatoms. The van der Waals surface area contributed by atoms with Crippen molar-refractivity contribution in [2.45, 2.75) is 45.7 Å². The minimum absolute atomic E-state index is 0.553. The SMILES string of the molecule is CCO[Si](OCC)(OCC)O[SiH2]CCCN.CO[Si](OC)(OC)O[SiH2]CCCN. The Morgan fingerprint density at radius 2 is 0.966 bits per heavy atom. The van der Waals surface area contributed by atoms with E-state index in [-0.39, 0.29) is 0 Å². The van der Waals surface area contributed by atoms with Gasteiger partial charge < -0.3 is 46.3 Å². The molecule has 10 nitrogen and oxygen atoms in total. The molecule has 0 spiro atoms. The molecule has 0 fully saturated rings. The summed E-state index contributed by atoms with van der Waals surface area (Å²) in [6.07, 6.45) is 1.99. The summed E-state index contributed by atoms with van der Waals surface area (Å²) in [4.78, 5) is 0. The van der Waals surface area contributed by atoms with Crippen LogP contribution in [0, 0.1) is 0 Å². The van der Waals surface area contributed by atoms with Crippen molar-refractivity contribution in [1.29, 1.82) is 0 Å². The highest BCUT2D eigenvalue weighted by molar-refractivity contribution is 6.60. The summed E-state index contributed by atoms with van der Waals surface area (Å²) in [7, 11) is -2.24. The van der Waals surface area contributed by atoms with Crippen molar-refractivity contribution >= 4 is 37.6 Å². The van der Waals surface area contributed by atoms with Crippen LogP contribution in [-0.2, 0) is 34.8 Å². The fourth-order valence-corrected chi connectivity index (χ4v) is 10.5. The van der Waals surface area contributed by atoms with E-state index in [1.165, 1.54) is 21.3 Å². The Labute approximate surface area is 184 Å². The average molecular weight is 493 g/mol. The lowest BCUT2D eigenvalue weighted by atomic mass is 10.5. The first kappa shape index (κ1) is 31.7. The van der Waals surface area contributed by atoms with Gasteiger partial charge in [-0.15, -0.1) is 0 Å². The molecule has 0 unspecified atom stereocenters. The van der Waals surface area contributed by atoms with E-state index < -0.39 is 37.6 Å². The summed E-state index contributed by atoms with van der Waals surface area (Å²) in [6.45, 7) is 8.84. The molecule has 178 valence electrons. The maximum absolute atomic E-state index is 5.81. The van der Waals surface area contributed by atoms with E-state index in [0.29, 0.717) is 32.9 Å². The first-order chi connectivity index (χ1) is 14.0. The van der Waals surface area contributed by atoms with Crippen LogP contribution in [0.4, 0.5) is 0 Å². The maximum atomic E-state index is 5.81. The summed E-state index contributed by atoms with van der Waals surface area (Å²) < 4.78 is 43.3. The van der Waals surface area contributed by atoms with Crippen molar-refractivity contribution < 1.29 is 34.8 Å². The van der Waals surface area contributed by atoms with Crippen LogP contribution in [0.1, 0.15) is 33.6 Å². The quantitative estimate of drug-likeness (QED) is 0.182. The lowest BCUT2D eigenvalue weighted by Crippen LogP contribution is -2.50. The normalized spacial score (nSPS) is 12.8. The van der Waals surface area contributed by atoms with Gasteiger partial charge in [0.2, 0.25) is 0 Å². The molecule has 0 rings (SSSR count). The van der Waals surface area contributed by atoms with Gasteiger partial charge in [-0.3, -0.25) is 0 Å². The standard InChI is InChI=1S/C9H25NO4Si2.C6H19NO4Si2/c1-4-11-16(12-5-2,13-6-3)14-15-9-7-8-10;1-8-13(9-2,10-3)11-12-6-4-5-7/h4-10,15H2,1-3H3;4-7,12H2,1-3H3. The molecule has 0 aliphatic heterocycles. The zero-order chi connectivity index (χ0) is 22.4. The van der Waals surface area contributed by atoms with E-state index in [4.69, 9.17) is 46.3 Å². The first-order valence-electron chi connectivity index (χ1n) is 10.2. The van der Waals surface area contributed by atoms with Gasteiger partial charge in [0.15, 0.2) is 19.5 Å². The van der Waals surface area contributed by atoms with E-state index in [9.17, 15) is 0 Å². The maximum Gasteiger partial charge on any atom is 0.668 e. The third kappa shape index (κ3) is 15.9. The van der Waals surface area contributed by atoms with Gasteiger partial charge in [0.25, 0.3) is 0 Å². The molecule has 29 heavy (non-hydrogen) atoms. The fourth-order valence-electron chi connectivity index (χ4n) is 2.09. The van der Waals surface area contributed by atoms with Crippen molar-refractivity contribution in [2.24, 2.45) is 11.5 Å². The lowest BCUT2D eigenvalue weighted by Gasteiger charge is -2.27.